The molecule has 0 amide bonds. The zero-order chi connectivity index (χ0) is 31.9. The Morgan fingerprint density at radius 2 is 1.19 bits per heavy atom. The third-order valence-corrected chi connectivity index (χ3v) is 11.5. The zero-order valence-corrected chi connectivity index (χ0v) is 26.8. The largest absolute Gasteiger partial charge is 0.454 e. The van der Waals surface area contributed by atoms with Crippen molar-refractivity contribution in [1.82, 2.24) is 0 Å². The molecule has 0 aliphatic heterocycles. The second-order valence-electron chi connectivity index (χ2n) is 12.0. The first kappa shape index (κ1) is 27.5. The van der Waals surface area contributed by atoms with Gasteiger partial charge >= 0.3 is 0 Å². The molecule has 0 bridgehead atoms. The molecule has 3 aromatic heterocycles. The van der Waals surface area contributed by atoms with Crippen molar-refractivity contribution in [2.75, 3.05) is 4.90 Å². The van der Waals surface area contributed by atoms with Gasteiger partial charge in [0, 0.05) is 46.7 Å². The molecule has 6 heteroatoms. The fourth-order valence-corrected chi connectivity index (χ4v) is 9.33. The van der Waals surface area contributed by atoms with E-state index in [9.17, 15) is 4.39 Å². The number of nitrogens with zero attached hydrogens (tertiary/aromatic N) is 1. The van der Waals surface area contributed by atoms with Crippen LogP contribution >= 0.6 is 22.7 Å². The Hall–Kier alpha value is -5.56. The van der Waals surface area contributed by atoms with Crippen LogP contribution in [0.5, 0.6) is 0 Å². The maximum absolute atomic E-state index is 15.0. The van der Waals surface area contributed by atoms with E-state index in [2.05, 4.69) is 89.8 Å². The van der Waals surface area contributed by atoms with Crippen molar-refractivity contribution < 1.29 is 13.2 Å². The number of rotatable bonds is 4. The molecular formula is C42H23F2NOS2. The lowest BCUT2D eigenvalue weighted by Crippen LogP contribution is -2.11. The lowest BCUT2D eigenvalue weighted by molar-refractivity contribution is 0.626. The average Bonchev–Trinajstić information content (AvgIpc) is 3.80. The average molecular weight is 660 g/mol. The molecule has 0 spiro atoms. The highest BCUT2D eigenvalue weighted by atomic mass is 32.1. The summed E-state index contributed by atoms with van der Waals surface area (Å²) in [7, 11) is 0. The third-order valence-electron chi connectivity index (χ3n) is 9.18. The van der Waals surface area contributed by atoms with Crippen LogP contribution in [0.25, 0.3) is 73.4 Å². The fourth-order valence-electron chi connectivity index (χ4n) is 7.05. The summed E-state index contributed by atoms with van der Waals surface area (Å²) < 4.78 is 40.6. The Bertz CT molecular complexity index is 2870. The predicted molar refractivity (Wildman–Crippen MR) is 200 cm³/mol. The lowest BCUT2D eigenvalue weighted by atomic mass is 10.0. The van der Waals surface area contributed by atoms with Crippen molar-refractivity contribution in [1.29, 1.82) is 0 Å². The van der Waals surface area contributed by atoms with Gasteiger partial charge in [-0.2, -0.15) is 0 Å². The van der Waals surface area contributed by atoms with Crippen LogP contribution in [0.2, 0.25) is 0 Å². The van der Waals surface area contributed by atoms with Gasteiger partial charge in [0.2, 0.25) is 0 Å². The first-order valence-corrected chi connectivity index (χ1v) is 17.3. The van der Waals surface area contributed by atoms with Gasteiger partial charge in [-0.05, 0) is 83.9 Å². The summed E-state index contributed by atoms with van der Waals surface area (Å²) in [6.45, 7) is 0. The van der Waals surface area contributed by atoms with Crippen molar-refractivity contribution in [3.63, 3.8) is 0 Å². The smallest absolute Gasteiger partial charge is 0.155 e. The molecule has 10 rings (SSSR count). The number of fused-ring (bicyclic) bond motifs is 10. The normalized spacial score (nSPS) is 12.0. The van der Waals surface area contributed by atoms with E-state index in [0.29, 0.717) is 16.6 Å². The Morgan fingerprint density at radius 1 is 0.479 bits per heavy atom. The highest BCUT2D eigenvalue weighted by molar-refractivity contribution is 7.26. The van der Waals surface area contributed by atoms with Crippen LogP contribution in [0.15, 0.2) is 144 Å². The molecule has 0 saturated carbocycles. The molecule has 0 unspecified atom stereocenters. The number of hydrogen-bond acceptors (Lipinski definition) is 4. The van der Waals surface area contributed by atoms with E-state index < -0.39 is 0 Å². The first-order valence-electron chi connectivity index (χ1n) is 15.6. The van der Waals surface area contributed by atoms with Crippen molar-refractivity contribution >= 4 is 102 Å². The third kappa shape index (κ3) is 4.13. The van der Waals surface area contributed by atoms with Gasteiger partial charge in [0.05, 0.1) is 21.5 Å². The SMILES string of the molecule is Fc1ccc2sc3c(cc(N(c4ccc(-c5ccccc5)cc4)c4cccc5sc6ccccc6c45)c4c5cc(F)ccc5oc34)c2c1. The Balaban J connectivity index is 1.36. The summed E-state index contributed by atoms with van der Waals surface area (Å²) >= 11 is 3.33. The Kier molecular flexibility index (Phi) is 6.01. The van der Waals surface area contributed by atoms with Crippen LogP contribution < -0.4 is 4.90 Å². The standard InChI is InChI=1S/C42H23F2NOS2/c43-26-15-19-35-32(22-26)40-34(23-31-30-21-27(44)16-20-37(30)48-42(31)41(40)46-35)45(28-17-13-25(14-18-28)24-7-2-1-3-8-24)33-10-6-12-38-39(33)29-9-4-5-11-36(29)47-38/h1-23H. The molecule has 0 aliphatic carbocycles. The Morgan fingerprint density at radius 3 is 2.04 bits per heavy atom. The maximum atomic E-state index is 15.0. The van der Waals surface area contributed by atoms with E-state index in [4.69, 9.17) is 4.42 Å². The number of anilines is 3. The molecule has 228 valence electrons. The second kappa shape index (κ2) is 10.5. The molecule has 7 aromatic carbocycles. The summed E-state index contributed by atoms with van der Waals surface area (Å²) in [5.74, 6) is -0.627. The molecular weight excluding hydrogens is 637 g/mol. The van der Waals surface area contributed by atoms with Crippen LogP contribution in [0.3, 0.4) is 0 Å². The summed E-state index contributed by atoms with van der Waals surface area (Å²) in [5, 5.41) is 5.53. The molecule has 0 saturated heterocycles. The number of benzene rings is 7. The monoisotopic (exact) mass is 659 g/mol. The Labute approximate surface area is 281 Å². The first-order chi connectivity index (χ1) is 23.6. The molecule has 0 aliphatic rings. The van der Waals surface area contributed by atoms with E-state index in [1.807, 2.05) is 24.3 Å². The molecule has 10 aromatic rings. The lowest BCUT2D eigenvalue weighted by Gasteiger charge is -2.27. The van der Waals surface area contributed by atoms with Gasteiger partial charge in [-0.3, -0.25) is 0 Å². The minimum Gasteiger partial charge on any atom is -0.454 e. The van der Waals surface area contributed by atoms with E-state index in [-0.39, 0.29) is 11.6 Å². The van der Waals surface area contributed by atoms with Crippen LogP contribution in [0.4, 0.5) is 25.8 Å². The fraction of sp³-hybridized carbons (Fsp3) is 0. The summed E-state index contributed by atoms with van der Waals surface area (Å²) in [6, 6.07) is 45.5. The summed E-state index contributed by atoms with van der Waals surface area (Å²) in [5.41, 5.74) is 6.27. The van der Waals surface area contributed by atoms with E-state index in [1.165, 1.54) is 26.9 Å². The molecule has 0 radical (unpaired) electrons. The van der Waals surface area contributed by atoms with Gasteiger partial charge < -0.3 is 9.32 Å². The highest BCUT2D eigenvalue weighted by Gasteiger charge is 2.26. The molecule has 0 fully saturated rings. The van der Waals surface area contributed by atoms with E-state index in [1.54, 1.807) is 40.9 Å². The van der Waals surface area contributed by atoms with Gasteiger partial charge in [-0.1, -0.05) is 66.7 Å². The van der Waals surface area contributed by atoms with E-state index in [0.717, 1.165) is 59.1 Å². The van der Waals surface area contributed by atoms with E-state index >= 15 is 4.39 Å². The van der Waals surface area contributed by atoms with Gasteiger partial charge in [0.15, 0.2) is 5.58 Å². The molecule has 2 nitrogen and oxygen atoms in total. The van der Waals surface area contributed by atoms with Crippen LogP contribution in [-0.4, -0.2) is 0 Å². The predicted octanol–water partition coefficient (Wildman–Crippen LogP) is 13.7. The van der Waals surface area contributed by atoms with Crippen LogP contribution in [-0.2, 0) is 0 Å². The highest BCUT2D eigenvalue weighted by Crippen LogP contribution is 2.52. The van der Waals surface area contributed by atoms with Crippen molar-refractivity contribution in [3.05, 3.63) is 151 Å². The quantitative estimate of drug-likeness (QED) is 0.187. The van der Waals surface area contributed by atoms with Gasteiger partial charge in [-0.25, -0.2) is 8.78 Å². The minimum absolute atomic E-state index is 0.293. The maximum Gasteiger partial charge on any atom is 0.155 e. The van der Waals surface area contributed by atoms with Gasteiger partial charge in [0.1, 0.15) is 17.2 Å². The number of thiophene rings is 2. The zero-order valence-electron chi connectivity index (χ0n) is 25.2. The van der Waals surface area contributed by atoms with Crippen LogP contribution in [0, 0.1) is 11.6 Å². The number of hydrogen-bond donors (Lipinski definition) is 0. The molecule has 0 N–H and O–H groups in total. The van der Waals surface area contributed by atoms with Crippen molar-refractivity contribution in [3.8, 4) is 11.1 Å². The van der Waals surface area contributed by atoms with Crippen LogP contribution in [0.1, 0.15) is 0 Å². The van der Waals surface area contributed by atoms with Gasteiger partial charge in [-0.15, -0.1) is 22.7 Å². The van der Waals surface area contributed by atoms with Crippen molar-refractivity contribution in [2.45, 2.75) is 0 Å². The van der Waals surface area contributed by atoms with Crippen molar-refractivity contribution in [2.24, 2.45) is 0 Å². The number of halogens is 2. The molecule has 48 heavy (non-hydrogen) atoms. The summed E-state index contributed by atoms with van der Waals surface area (Å²) in [6.07, 6.45) is 0. The topological polar surface area (TPSA) is 16.4 Å². The molecule has 0 atom stereocenters. The number of furan rings is 1. The second-order valence-corrected chi connectivity index (χ2v) is 14.1. The summed E-state index contributed by atoms with van der Waals surface area (Å²) in [4.78, 5) is 2.26. The minimum atomic E-state index is -0.334. The van der Waals surface area contributed by atoms with Gasteiger partial charge in [0.25, 0.3) is 0 Å². The molecule has 3 heterocycles.